The monoisotopic (exact) mass is 396 g/mol. The van der Waals surface area contributed by atoms with E-state index in [1.54, 1.807) is 20.8 Å². The zero-order valence-corrected chi connectivity index (χ0v) is 15.7. The first-order chi connectivity index (χ1) is 12.7. The Morgan fingerprint density at radius 2 is 1.96 bits per heavy atom. The standard InChI is InChI=1S/C18H19F3N4O3/c1-16(2,3)28-14(26)13-8-17(4,25-24-13)15(27)23-11-6-5-10(9-22)12(7-11)18(19,20)21/h5-7,13H,8H2,1-4H3,(H,23,27). The van der Waals surface area contributed by atoms with Crippen LogP contribution in [0.25, 0.3) is 0 Å². The number of ether oxygens (including phenoxy) is 1. The molecule has 0 bridgehead atoms. The molecule has 0 fully saturated rings. The second-order valence-corrected chi connectivity index (χ2v) is 7.57. The van der Waals surface area contributed by atoms with Gasteiger partial charge in [-0.1, -0.05) is 0 Å². The molecule has 28 heavy (non-hydrogen) atoms. The van der Waals surface area contributed by atoms with Crippen molar-refractivity contribution in [2.45, 2.75) is 57.5 Å². The van der Waals surface area contributed by atoms with E-state index in [2.05, 4.69) is 15.5 Å². The highest BCUT2D eigenvalue weighted by molar-refractivity contribution is 5.99. The number of carbonyl (C=O) groups is 2. The Hall–Kier alpha value is -2.96. The van der Waals surface area contributed by atoms with Gasteiger partial charge >= 0.3 is 12.1 Å². The van der Waals surface area contributed by atoms with Crippen LogP contribution in [0.3, 0.4) is 0 Å². The lowest BCUT2D eigenvalue weighted by Gasteiger charge is -2.22. The number of rotatable bonds is 3. The lowest BCUT2D eigenvalue weighted by atomic mass is 9.94. The fraction of sp³-hybridized carbons (Fsp3) is 0.500. The van der Waals surface area contributed by atoms with Gasteiger partial charge in [-0.25, -0.2) is 4.79 Å². The van der Waals surface area contributed by atoms with Crippen LogP contribution in [0.1, 0.15) is 45.2 Å². The van der Waals surface area contributed by atoms with E-state index in [9.17, 15) is 22.8 Å². The molecule has 1 N–H and O–H groups in total. The van der Waals surface area contributed by atoms with Crippen LogP contribution in [0.5, 0.6) is 0 Å². The number of alkyl halides is 3. The van der Waals surface area contributed by atoms with Crippen molar-refractivity contribution in [3.63, 3.8) is 0 Å². The Labute approximate surface area is 159 Å². The Balaban J connectivity index is 2.15. The second kappa shape index (κ2) is 7.22. The van der Waals surface area contributed by atoms with E-state index in [-0.39, 0.29) is 12.1 Å². The topological polar surface area (TPSA) is 104 Å². The van der Waals surface area contributed by atoms with Crippen molar-refractivity contribution >= 4 is 17.6 Å². The summed E-state index contributed by atoms with van der Waals surface area (Å²) in [6.45, 7) is 6.48. The molecule has 1 heterocycles. The number of carbonyl (C=O) groups excluding carboxylic acids is 2. The maximum absolute atomic E-state index is 13.1. The largest absolute Gasteiger partial charge is 0.458 e. The van der Waals surface area contributed by atoms with Crippen LogP contribution in [0.2, 0.25) is 0 Å². The van der Waals surface area contributed by atoms with Gasteiger partial charge in [0, 0.05) is 12.1 Å². The van der Waals surface area contributed by atoms with Crippen LogP contribution >= 0.6 is 0 Å². The summed E-state index contributed by atoms with van der Waals surface area (Å²) in [7, 11) is 0. The lowest BCUT2D eigenvalue weighted by molar-refractivity contribution is -0.156. The van der Waals surface area contributed by atoms with Gasteiger partial charge in [-0.05, 0) is 45.9 Å². The third-order valence-corrected chi connectivity index (χ3v) is 3.88. The van der Waals surface area contributed by atoms with Crippen LogP contribution in [0.15, 0.2) is 28.4 Å². The van der Waals surface area contributed by atoms with Gasteiger partial charge in [-0.3, -0.25) is 4.79 Å². The molecule has 1 aromatic carbocycles. The minimum absolute atomic E-state index is 0.0733. The molecule has 150 valence electrons. The number of azo groups is 1. The summed E-state index contributed by atoms with van der Waals surface area (Å²) in [5, 5.41) is 18.8. The molecule has 1 aromatic rings. The molecule has 2 atom stereocenters. The quantitative estimate of drug-likeness (QED) is 0.784. The number of esters is 1. The molecule has 0 saturated heterocycles. The average Bonchev–Trinajstić information content (AvgIpc) is 2.96. The maximum Gasteiger partial charge on any atom is 0.417 e. The predicted octanol–water partition coefficient (Wildman–Crippen LogP) is 3.84. The zero-order valence-electron chi connectivity index (χ0n) is 15.7. The van der Waals surface area contributed by atoms with Crippen molar-refractivity contribution in [3.8, 4) is 6.07 Å². The summed E-state index contributed by atoms with van der Waals surface area (Å²) < 4.78 is 44.4. The van der Waals surface area contributed by atoms with Crippen LogP contribution in [-0.2, 0) is 20.5 Å². The predicted molar refractivity (Wildman–Crippen MR) is 92.3 cm³/mol. The van der Waals surface area contributed by atoms with Gasteiger partial charge in [0.1, 0.15) is 5.60 Å². The number of nitriles is 1. The molecule has 0 spiro atoms. The minimum Gasteiger partial charge on any atom is -0.458 e. The summed E-state index contributed by atoms with van der Waals surface area (Å²) in [5.41, 5.74) is -4.02. The number of nitrogens with zero attached hydrogens (tertiary/aromatic N) is 3. The molecule has 1 aliphatic rings. The molecular formula is C18H19F3N4O3. The number of amides is 1. The minimum atomic E-state index is -4.75. The fourth-order valence-electron chi connectivity index (χ4n) is 2.51. The number of nitrogens with one attached hydrogen (secondary N) is 1. The lowest BCUT2D eigenvalue weighted by Crippen LogP contribution is -2.40. The van der Waals surface area contributed by atoms with E-state index in [1.807, 2.05) is 0 Å². The highest BCUT2D eigenvalue weighted by Crippen LogP contribution is 2.35. The Morgan fingerprint density at radius 3 is 2.50 bits per heavy atom. The normalized spacial score (nSPS) is 21.9. The molecule has 2 rings (SSSR count). The second-order valence-electron chi connectivity index (χ2n) is 7.57. The molecular weight excluding hydrogens is 377 g/mol. The van der Waals surface area contributed by atoms with E-state index in [0.717, 1.165) is 6.07 Å². The smallest absolute Gasteiger partial charge is 0.417 e. The Kier molecular flexibility index (Phi) is 5.50. The molecule has 0 saturated carbocycles. The van der Waals surface area contributed by atoms with Crippen LogP contribution in [0.4, 0.5) is 18.9 Å². The van der Waals surface area contributed by atoms with Crippen molar-refractivity contribution in [3.05, 3.63) is 29.3 Å². The molecule has 0 aliphatic carbocycles. The van der Waals surface area contributed by atoms with E-state index in [0.29, 0.717) is 6.07 Å². The van der Waals surface area contributed by atoms with Gasteiger partial charge in [0.15, 0.2) is 11.6 Å². The van der Waals surface area contributed by atoms with Crippen LogP contribution < -0.4 is 5.32 Å². The maximum atomic E-state index is 13.1. The first-order valence-electron chi connectivity index (χ1n) is 8.33. The molecule has 0 aromatic heterocycles. The van der Waals surface area contributed by atoms with Gasteiger partial charge in [0.05, 0.1) is 17.2 Å². The molecule has 7 nitrogen and oxygen atoms in total. The van der Waals surface area contributed by atoms with E-state index in [4.69, 9.17) is 10.00 Å². The van der Waals surface area contributed by atoms with Crippen molar-refractivity contribution in [2.24, 2.45) is 10.2 Å². The highest BCUT2D eigenvalue weighted by Gasteiger charge is 2.44. The molecule has 0 radical (unpaired) electrons. The fourth-order valence-corrected chi connectivity index (χ4v) is 2.51. The summed E-state index contributed by atoms with van der Waals surface area (Å²) in [5.74, 6) is -1.36. The number of halogens is 3. The number of benzene rings is 1. The van der Waals surface area contributed by atoms with Crippen molar-refractivity contribution in [1.29, 1.82) is 5.26 Å². The van der Waals surface area contributed by atoms with E-state index >= 15 is 0 Å². The Morgan fingerprint density at radius 1 is 1.32 bits per heavy atom. The number of hydrogen-bond acceptors (Lipinski definition) is 6. The summed E-state index contributed by atoms with van der Waals surface area (Å²) in [4.78, 5) is 24.6. The highest BCUT2D eigenvalue weighted by atomic mass is 19.4. The summed E-state index contributed by atoms with van der Waals surface area (Å²) >= 11 is 0. The van der Waals surface area contributed by atoms with Gasteiger partial charge in [-0.2, -0.15) is 28.7 Å². The third-order valence-electron chi connectivity index (χ3n) is 3.88. The van der Waals surface area contributed by atoms with E-state index < -0.39 is 46.4 Å². The van der Waals surface area contributed by atoms with Gasteiger partial charge in [0.2, 0.25) is 0 Å². The molecule has 2 unspecified atom stereocenters. The SMILES string of the molecule is CC(C)(C)OC(=O)C1CC(C)(C(=O)Nc2ccc(C#N)c(C(F)(F)F)c2)N=N1. The van der Waals surface area contributed by atoms with Gasteiger partial charge in [0.25, 0.3) is 5.91 Å². The zero-order chi connectivity index (χ0) is 21.3. The third kappa shape index (κ3) is 4.85. The number of hydrogen-bond donors (Lipinski definition) is 1. The van der Waals surface area contributed by atoms with E-state index in [1.165, 1.54) is 19.1 Å². The first-order valence-corrected chi connectivity index (χ1v) is 8.33. The van der Waals surface area contributed by atoms with Gasteiger partial charge < -0.3 is 10.1 Å². The molecule has 1 amide bonds. The summed E-state index contributed by atoms with van der Waals surface area (Å²) in [6.07, 6.45) is -4.82. The first kappa shape index (κ1) is 21.3. The average molecular weight is 396 g/mol. The van der Waals surface area contributed by atoms with Crippen molar-refractivity contribution in [2.75, 3.05) is 5.32 Å². The number of anilines is 1. The van der Waals surface area contributed by atoms with Crippen LogP contribution in [0, 0.1) is 11.3 Å². The van der Waals surface area contributed by atoms with Crippen molar-refractivity contribution in [1.82, 2.24) is 0 Å². The molecule has 1 aliphatic heterocycles. The molecule has 10 heteroatoms. The van der Waals surface area contributed by atoms with Crippen molar-refractivity contribution < 1.29 is 27.5 Å². The van der Waals surface area contributed by atoms with Crippen LogP contribution in [-0.4, -0.2) is 29.1 Å². The Bertz CT molecular complexity index is 868. The summed E-state index contributed by atoms with van der Waals surface area (Å²) in [6, 6.07) is 3.33. The van der Waals surface area contributed by atoms with Gasteiger partial charge in [-0.15, -0.1) is 0 Å².